The van der Waals surface area contributed by atoms with Crippen molar-refractivity contribution < 1.29 is 19.0 Å². The number of pyridine rings is 1. The molecule has 3 aromatic rings. The normalized spacial score (nSPS) is 11.4. The molecule has 0 spiro atoms. The Morgan fingerprint density at radius 3 is 2.47 bits per heavy atom. The zero-order chi connectivity index (χ0) is 23.1. The summed E-state index contributed by atoms with van der Waals surface area (Å²) in [6, 6.07) is 15.6. The molecule has 3 N–H and O–H groups in total. The van der Waals surface area contributed by atoms with Crippen molar-refractivity contribution in [3.05, 3.63) is 88.9 Å². The van der Waals surface area contributed by atoms with E-state index < -0.39 is 11.8 Å². The molecule has 0 fully saturated rings. The van der Waals surface area contributed by atoms with Crippen LogP contribution in [0.1, 0.15) is 53.4 Å². The average molecular weight is 435 g/mol. The molecule has 0 aliphatic rings. The molecule has 1 heterocycles. The Hall–Kier alpha value is -3.51. The van der Waals surface area contributed by atoms with Crippen molar-refractivity contribution in [2.24, 2.45) is 0 Å². The molecule has 0 amide bonds. The van der Waals surface area contributed by atoms with E-state index in [1.54, 1.807) is 18.2 Å². The number of nitrogens with two attached hydrogens (primary N) is 1. The van der Waals surface area contributed by atoms with Crippen molar-refractivity contribution in [1.29, 1.82) is 0 Å². The Bertz CT molecular complexity index is 1090. The Labute approximate surface area is 187 Å². The Morgan fingerprint density at radius 1 is 1.16 bits per heavy atom. The van der Waals surface area contributed by atoms with Crippen molar-refractivity contribution in [2.75, 3.05) is 12.3 Å². The number of nitrogen functional groups attached to an aromatic ring is 1. The Kier molecular flexibility index (Phi) is 7.73. The summed E-state index contributed by atoms with van der Waals surface area (Å²) in [5.74, 6) is -1.41. The smallest absolute Gasteiger partial charge is 0.338 e. The summed E-state index contributed by atoms with van der Waals surface area (Å²) in [6.07, 6.45) is 4.26. The number of benzene rings is 2. The SMILES string of the molecule is CC(C)c1nc(N)c(C=CCCOCc2ccccc2)c(-c2ccc(F)cc2)c1C(=O)O. The number of hydrogen-bond acceptors (Lipinski definition) is 4. The summed E-state index contributed by atoms with van der Waals surface area (Å²) in [7, 11) is 0. The number of carbonyl (C=O) groups is 1. The molecule has 0 radical (unpaired) electrons. The minimum Gasteiger partial charge on any atom is -0.478 e. The summed E-state index contributed by atoms with van der Waals surface area (Å²) in [4.78, 5) is 16.6. The van der Waals surface area contributed by atoms with Crippen LogP contribution in [0.2, 0.25) is 0 Å². The van der Waals surface area contributed by atoms with Gasteiger partial charge in [-0.15, -0.1) is 0 Å². The molecule has 0 saturated heterocycles. The first kappa shape index (κ1) is 23.2. The molecule has 0 atom stereocenters. The van der Waals surface area contributed by atoms with Crippen LogP contribution < -0.4 is 5.73 Å². The average Bonchev–Trinajstić information content (AvgIpc) is 2.77. The topological polar surface area (TPSA) is 85.4 Å². The number of aromatic nitrogens is 1. The van der Waals surface area contributed by atoms with Gasteiger partial charge in [0.2, 0.25) is 0 Å². The van der Waals surface area contributed by atoms with Gasteiger partial charge in [0, 0.05) is 11.1 Å². The van der Waals surface area contributed by atoms with Crippen LogP contribution in [0.5, 0.6) is 0 Å². The molecule has 0 aliphatic carbocycles. The molecule has 5 nitrogen and oxygen atoms in total. The van der Waals surface area contributed by atoms with Gasteiger partial charge in [-0.25, -0.2) is 14.2 Å². The van der Waals surface area contributed by atoms with Crippen LogP contribution in [0.4, 0.5) is 10.2 Å². The minimum atomic E-state index is -1.10. The summed E-state index contributed by atoms with van der Waals surface area (Å²) in [5.41, 5.74) is 9.34. The number of halogens is 1. The fraction of sp³-hybridized carbons (Fsp3) is 0.231. The van der Waals surface area contributed by atoms with Crippen LogP contribution in [0.15, 0.2) is 60.7 Å². The third kappa shape index (κ3) is 5.59. The second-order valence-electron chi connectivity index (χ2n) is 7.74. The van der Waals surface area contributed by atoms with Crippen molar-refractivity contribution >= 4 is 17.9 Å². The number of ether oxygens (including phenoxy) is 1. The predicted molar refractivity (Wildman–Crippen MR) is 125 cm³/mol. The third-order valence-electron chi connectivity index (χ3n) is 5.01. The van der Waals surface area contributed by atoms with E-state index in [9.17, 15) is 14.3 Å². The molecular weight excluding hydrogens is 407 g/mol. The van der Waals surface area contributed by atoms with Crippen LogP contribution >= 0.6 is 0 Å². The van der Waals surface area contributed by atoms with Gasteiger partial charge in [-0.3, -0.25) is 0 Å². The number of nitrogens with zero attached hydrogens (tertiary/aromatic N) is 1. The van der Waals surface area contributed by atoms with Gasteiger partial charge in [0.15, 0.2) is 0 Å². The molecule has 6 heteroatoms. The molecular formula is C26H27FN2O3. The molecule has 1 aromatic heterocycles. The molecule has 32 heavy (non-hydrogen) atoms. The lowest BCUT2D eigenvalue weighted by molar-refractivity contribution is 0.0695. The zero-order valence-corrected chi connectivity index (χ0v) is 18.2. The number of hydrogen-bond donors (Lipinski definition) is 2. The number of carboxylic acids is 1. The van der Waals surface area contributed by atoms with Crippen LogP contribution in [0.3, 0.4) is 0 Å². The van der Waals surface area contributed by atoms with Crippen LogP contribution in [-0.2, 0) is 11.3 Å². The molecule has 0 unspecified atom stereocenters. The standard InChI is InChI=1S/C26H27FN2O3/c1-17(2)24-23(26(30)31)22(19-11-13-20(27)14-12-19)21(25(28)29-24)10-6-7-15-32-16-18-8-4-3-5-9-18/h3-6,8-14,17H,7,15-16H2,1-2H3,(H2,28,29)(H,30,31). The largest absolute Gasteiger partial charge is 0.478 e. The van der Waals surface area contributed by atoms with E-state index in [1.807, 2.05) is 50.3 Å². The summed E-state index contributed by atoms with van der Waals surface area (Å²) in [5, 5.41) is 9.98. The fourth-order valence-electron chi connectivity index (χ4n) is 3.47. The molecule has 0 saturated carbocycles. The van der Waals surface area contributed by atoms with E-state index in [-0.39, 0.29) is 17.3 Å². The fourth-order valence-corrected chi connectivity index (χ4v) is 3.47. The summed E-state index contributed by atoms with van der Waals surface area (Å²) < 4.78 is 19.2. The van der Waals surface area contributed by atoms with Crippen LogP contribution in [0, 0.1) is 5.82 Å². The summed E-state index contributed by atoms with van der Waals surface area (Å²) in [6.45, 7) is 4.75. The zero-order valence-electron chi connectivity index (χ0n) is 18.2. The van der Waals surface area contributed by atoms with Gasteiger partial charge in [-0.2, -0.15) is 0 Å². The second kappa shape index (κ2) is 10.7. The van der Waals surface area contributed by atoms with Gasteiger partial charge in [-0.1, -0.05) is 68.5 Å². The number of rotatable bonds is 9. The van der Waals surface area contributed by atoms with E-state index in [0.29, 0.717) is 42.0 Å². The molecule has 3 rings (SSSR count). The second-order valence-corrected chi connectivity index (χ2v) is 7.74. The Morgan fingerprint density at radius 2 is 1.84 bits per heavy atom. The maximum Gasteiger partial charge on any atom is 0.338 e. The van der Waals surface area contributed by atoms with E-state index in [0.717, 1.165) is 5.56 Å². The van der Waals surface area contributed by atoms with E-state index in [4.69, 9.17) is 10.5 Å². The highest BCUT2D eigenvalue weighted by Gasteiger charge is 2.24. The first-order valence-electron chi connectivity index (χ1n) is 10.5. The monoisotopic (exact) mass is 434 g/mol. The Balaban J connectivity index is 1.90. The molecule has 0 bridgehead atoms. The first-order chi connectivity index (χ1) is 15.4. The van der Waals surface area contributed by atoms with Crippen molar-refractivity contribution in [3.8, 4) is 11.1 Å². The number of aromatic carboxylic acids is 1. The molecule has 166 valence electrons. The van der Waals surface area contributed by atoms with Gasteiger partial charge < -0.3 is 15.6 Å². The van der Waals surface area contributed by atoms with E-state index in [1.165, 1.54) is 12.1 Å². The highest BCUT2D eigenvalue weighted by molar-refractivity contribution is 6.01. The van der Waals surface area contributed by atoms with E-state index >= 15 is 0 Å². The maximum absolute atomic E-state index is 13.5. The van der Waals surface area contributed by atoms with Crippen molar-refractivity contribution in [3.63, 3.8) is 0 Å². The maximum atomic E-state index is 13.5. The van der Waals surface area contributed by atoms with Gasteiger partial charge in [0.25, 0.3) is 0 Å². The number of anilines is 1. The third-order valence-corrected chi connectivity index (χ3v) is 5.01. The first-order valence-corrected chi connectivity index (χ1v) is 10.5. The van der Waals surface area contributed by atoms with Gasteiger partial charge in [-0.05, 0) is 35.6 Å². The highest BCUT2D eigenvalue weighted by Crippen LogP contribution is 2.36. The number of carboxylic acid groups (broad SMARTS) is 1. The van der Waals surface area contributed by atoms with Crippen LogP contribution in [0.25, 0.3) is 17.2 Å². The molecule has 2 aromatic carbocycles. The van der Waals surface area contributed by atoms with Gasteiger partial charge in [0.05, 0.1) is 24.5 Å². The predicted octanol–water partition coefficient (Wildman–Crippen LogP) is 5.91. The van der Waals surface area contributed by atoms with Crippen molar-refractivity contribution in [2.45, 2.75) is 32.8 Å². The minimum absolute atomic E-state index is 0.0841. The van der Waals surface area contributed by atoms with Crippen LogP contribution in [-0.4, -0.2) is 22.7 Å². The lowest BCUT2D eigenvalue weighted by Gasteiger charge is -2.18. The van der Waals surface area contributed by atoms with Gasteiger partial charge >= 0.3 is 5.97 Å². The highest BCUT2D eigenvalue weighted by atomic mass is 19.1. The lowest BCUT2D eigenvalue weighted by atomic mass is 9.90. The van der Waals surface area contributed by atoms with E-state index in [2.05, 4.69) is 4.98 Å². The summed E-state index contributed by atoms with van der Waals surface area (Å²) >= 11 is 0. The quantitative estimate of drug-likeness (QED) is 0.409. The lowest BCUT2D eigenvalue weighted by Crippen LogP contribution is -2.13. The van der Waals surface area contributed by atoms with Crippen molar-refractivity contribution in [1.82, 2.24) is 4.98 Å². The van der Waals surface area contributed by atoms with Gasteiger partial charge in [0.1, 0.15) is 11.6 Å². The molecule has 0 aliphatic heterocycles.